The monoisotopic (exact) mass is 824 g/mol. The number of alkyl halides is 3. The Morgan fingerprint density at radius 2 is 1.82 bits per heavy atom. The quantitative estimate of drug-likeness (QED) is 0.114. The lowest BCUT2D eigenvalue weighted by Crippen LogP contribution is -2.45. The van der Waals surface area contributed by atoms with Gasteiger partial charge in [-0.3, -0.25) is 9.58 Å². The smallest absolute Gasteiger partial charge is 0.408 e. The predicted octanol–water partition coefficient (Wildman–Crippen LogP) is 8.05. The van der Waals surface area contributed by atoms with E-state index in [-0.39, 0.29) is 45.7 Å². The number of carbonyl (C=O) groups is 1. The summed E-state index contributed by atoms with van der Waals surface area (Å²) in [6, 6.07) is 11.7. The van der Waals surface area contributed by atoms with Crippen LogP contribution in [0.2, 0.25) is 5.02 Å². The van der Waals surface area contributed by atoms with Gasteiger partial charge in [0, 0.05) is 72.3 Å². The Morgan fingerprint density at radius 3 is 2.60 bits per heavy atom. The van der Waals surface area contributed by atoms with Crippen molar-refractivity contribution < 1.29 is 46.1 Å². The molecule has 5 heterocycles. The van der Waals surface area contributed by atoms with Gasteiger partial charge in [0.05, 0.1) is 20.8 Å². The molecule has 1 unspecified atom stereocenters. The second kappa shape index (κ2) is 15.5. The van der Waals surface area contributed by atoms with Gasteiger partial charge in [0.25, 0.3) is 6.01 Å². The molecule has 0 bridgehead atoms. The highest BCUT2D eigenvalue weighted by atomic mass is 35.5. The van der Waals surface area contributed by atoms with Crippen LogP contribution in [-0.4, -0.2) is 99.3 Å². The van der Waals surface area contributed by atoms with E-state index < -0.39 is 30.8 Å². The zero-order valence-corrected chi connectivity index (χ0v) is 31.8. The van der Waals surface area contributed by atoms with Gasteiger partial charge in [-0.25, -0.2) is 14.8 Å². The van der Waals surface area contributed by atoms with Crippen LogP contribution in [0.4, 0.5) is 17.6 Å². The lowest BCUT2D eigenvalue weighted by molar-refractivity contribution is -0.143. The molecule has 1 fully saturated rings. The second-order valence-electron chi connectivity index (χ2n) is 13.5. The van der Waals surface area contributed by atoms with Crippen molar-refractivity contribution in [1.82, 2.24) is 29.5 Å². The summed E-state index contributed by atoms with van der Waals surface area (Å²) in [6.07, 6.45) is -3.77. The molecule has 4 aromatic heterocycles. The molecule has 1 atom stereocenters. The van der Waals surface area contributed by atoms with Gasteiger partial charge in [-0.1, -0.05) is 36.4 Å². The Hall–Kier alpha value is -5.49. The number of para-hydroxylation sites is 1. The van der Waals surface area contributed by atoms with Gasteiger partial charge < -0.3 is 28.6 Å². The number of piperazine rings is 1. The molecule has 0 spiro atoms. The number of aromatic nitrogens is 4. The topological polar surface area (TPSA) is 128 Å². The molecule has 12 nitrogen and oxygen atoms in total. The van der Waals surface area contributed by atoms with E-state index in [2.05, 4.69) is 38.5 Å². The summed E-state index contributed by atoms with van der Waals surface area (Å²) in [4.78, 5) is 26.6. The summed E-state index contributed by atoms with van der Waals surface area (Å²) in [5, 5.41) is 16.8. The van der Waals surface area contributed by atoms with E-state index in [1.54, 1.807) is 30.3 Å². The lowest BCUT2D eigenvalue weighted by atomic mass is 10.00. The minimum absolute atomic E-state index is 0.0324. The van der Waals surface area contributed by atoms with E-state index in [9.17, 15) is 27.5 Å². The highest BCUT2D eigenvalue weighted by molar-refractivity contribution is 7.26. The minimum Gasteiger partial charge on any atom is -0.491 e. The normalized spacial score (nSPS) is 14.8. The summed E-state index contributed by atoms with van der Waals surface area (Å²) in [5.41, 5.74) is 0.559. The SMILES string of the molecule is C=C(c1ccccc1OCc1ccnn1CC(F)(F)F)C(Oc1ncnc2sc3c4oc(F)cc4c4c(Cl)c(OCCN5CCN(C)CC5)ccc4c3c12)C(=O)O. The molecule has 1 aliphatic rings. The molecule has 296 valence electrons. The van der Waals surface area contributed by atoms with Crippen LogP contribution in [0.3, 0.4) is 0 Å². The van der Waals surface area contributed by atoms with E-state index in [0.717, 1.165) is 30.9 Å². The lowest BCUT2D eigenvalue weighted by Gasteiger charge is -2.32. The van der Waals surface area contributed by atoms with Gasteiger partial charge in [-0.2, -0.15) is 22.7 Å². The number of likely N-dealkylation sites (N-methyl/N-ethyl adjacent to an activating group) is 1. The molecule has 3 aromatic carbocycles. The number of nitrogens with zero attached hydrogens (tertiary/aromatic N) is 6. The summed E-state index contributed by atoms with van der Waals surface area (Å²) < 4.78 is 79.3. The molecule has 7 aromatic rings. The number of fused-ring (bicyclic) bond motifs is 8. The van der Waals surface area contributed by atoms with E-state index in [4.69, 9.17) is 30.2 Å². The maximum atomic E-state index is 14.9. The number of aliphatic carboxylic acids is 1. The number of furan rings is 1. The zero-order chi connectivity index (χ0) is 40.0. The van der Waals surface area contributed by atoms with Crippen molar-refractivity contribution in [3.8, 4) is 17.4 Å². The van der Waals surface area contributed by atoms with Crippen molar-refractivity contribution in [2.45, 2.75) is 25.4 Å². The van der Waals surface area contributed by atoms with Crippen LogP contribution in [0.25, 0.3) is 47.6 Å². The standard InChI is InChI=1S/C39H33ClF4N6O6S/c1-21(23-5-3-4-6-26(23)54-18-22-9-10-47-50(22)19-39(42,43)44)33(38(51)52)56-36-31-30-24-7-8-27(53-16-15-49-13-11-48(2)12-14-49)32(40)29(24)25-17-28(41)55-34(25)35(30)57-37(31)46-20-45-36/h3-10,17,20,33H,1,11-16,18-19H2,2H3,(H,51,52). The van der Waals surface area contributed by atoms with Crippen LogP contribution in [0.1, 0.15) is 11.3 Å². The number of hydrogen-bond acceptors (Lipinski definition) is 11. The third-order valence-electron chi connectivity index (χ3n) is 9.78. The summed E-state index contributed by atoms with van der Waals surface area (Å²) in [6.45, 7) is 7.29. The average molecular weight is 825 g/mol. The maximum Gasteiger partial charge on any atom is 0.408 e. The first-order valence-electron chi connectivity index (χ1n) is 17.7. The van der Waals surface area contributed by atoms with E-state index >= 15 is 0 Å². The number of hydrogen-bond donors (Lipinski definition) is 1. The van der Waals surface area contributed by atoms with Crippen molar-refractivity contribution in [3.05, 3.63) is 89.9 Å². The fraction of sp³-hybridized carbons (Fsp3) is 0.282. The highest BCUT2D eigenvalue weighted by Crippen LogP contribution is 2.49. The Balaban J connectivity index is 1.14. The predicted molar refractivity (Wildman–Crippen MR) is 207 cm³/mol. The molecule has 1 aliphatic heterocycles. The van der Waals surface area contributed by atoms with Crippen molar-refractivity contribution in [2.24, 2.45) is 0 Å². The van der Waals surface area contributed by atoms with Crippen LogP contribution in [0.5, 0.6) is 17.4 Å². The van der Waals surface area contributed by atoms with Crippen LogP contribution < -0.4 is 14.2 Å². The van der Waals surface area contributed by atoms with Gasteiger partial charge in [0.2, 0.25) is 12.0 Å². The van der Waals surface area contributed by atoms with Crippen molar-refractivity contribution in [1.29, 1.82) is 0 Å². The third-order valence-corrected chi connectivity index (χ3v) is 11.3. The molecule has 0 radical (unpaired) electrons. The van der Waals surface area contributed by atoms with Crippen molar-refractivity contribution in [3.63, 3.8) is 0 Å². The molecule has 0 saturated carbocycles. The van der Waals surface area contributed by atoms with E-state index in [0.29, 0.717) is 55.4 Å². The molecular weight excluding hydrogens is 792 g/mol. The van der Waals surface area contributed by atoms with E-state index in [1.807, 2.05) is 0 Å². The number of carboxylic acids is 1. The van der Waals surface area contributed by atoms with Crippen LogP contribution in [0, 0.1) is 6.01 Å². The summed E-state index contributed by atoms with van der Waals surface area (Å²) >= 11 is 8.23. The first-order valence-corrected chi connectivity index (χ1v) is 18.9. The molecule has 0 amide bonds. The van der Waals surface area contributed by atoms with Crippen molar-refractivity contribution in [2.75, 3.05) is 46.4 Å². The number of benzene rings is 3. The number of ether oxygens (including phenoxy) is 3. The minimum atomic E-state index is -4.50. The Bertz CT molecular complexity index is 2660. The zero-order valence-electron chi connectivity index (χ0n) is 30.2. The Labute approximate surface area is 330 Å². The number of halogens is 5. The summed E-state index contributed by atoms with van der Waals surface area (Å²) in [5.74, 6) is -0.965. The van der Waals surface area contributed by atoms with Crippen molar-refractivity contribution >= 4 is 76.5 Å². The first kappa shape index (κ1) is 38.4. The second-order valence-corrected chi connectivity index (χ2v) is 14.9. The fourth-order valence-corrected chi connectivity index (χ4v) is 8.42. The van der Waals surface area contributed by atoms with Gasteiger partial charge in [0.1, 0.15) is 42.4 Å². The number of thiophene rings is 1. The van der Waals surface area contributed by atoms with E-state index in [1.165, 1.54) is 42.1 Å². The highest BCUT2D eigenvalue weighted by Gasteiger charge is 2.31. The first-order chi connectivity index (χ1) is 27.4. The molecule has 8 rings (SSSR count). The van der Waals surface area contributed by atoms with Crippen LogP contribution >= 0.6 is 22.9 Å². The maximum absolute atomic E-state index is 14.9. The van der Waals surface area contributed by atoms with Gasteiger partial charge in [-0.05, 0) is 36.7 Å². The van der Waals surface area contributed by atoms with Gasteiger partial charge in [0.15, 0.2) is 5.58 Å². The number of rotatable bonds is 13. The summed E-state index contributed by atoms with van der Waals surface area (Å²) in [7, 11) is 2.09. The van der Waals surface area contributed by atoms with Crippen LogP contribution in [0.15, 0.2) is 72.1 Å². The molecule has 18 heteroatoms. The van der Waals surface area contributed by atoms with Crippen LogP contribution in [-0.2, 0) is 17.9 Å². The number of carboxylic acid groups (broad SMARTS) is 1. The Kier molecular flexibility index (Phi) is 10.4. The fourth-order valence-electron chi connectivity index (χ4n) is 6.95. The molecule has 57 heavy (non-hydrogen) atoms. The molecular formula is C39H33ClF4N6O6S. The van der Waals surface area contributed by atoms with Gasteiger partial charge >= 0.3 is 12.1 Å². The molecule has 1 saturated heterocycles. The largest absolute Gasteiger partial charge is 0.491 e. The Morgan fingerprint density at radius 1 is 1.04 bits per heavy atom. The molecule has 0 aliphatic carbocycles. The molecule has 1 N–H and O–H groups in total. The average Bonchev–Trinajstić information content (AvgIpc) is 3.90. The van der Waals surface area contributed by atoms with Gasteiger partial charge in [-0.15, -0.1) is 11.3 Å². The third kappa shape index (κ3) is 7.67.